The zero-order chi connectivity index (χ0) is 41.9. The van der Waals surface area contributed by atoms with Crippen LogP contribution >= 0.6 is 11.3 Å². The standard InChI is InChI=1S/C61H38N2S/c1-3-16-39(17-4-1)40-30-32-42(33-31-40)62(56-28-15-27-54-58(56)49-23-9-13-26-53(49)61(54)51-24-11-7-20-44(51)45-21-8-12-25-52(45)61)43-34-37-55-50(38-43)47-35-36-48-46-22-10-14-29-57(46)64-60(48)59(47)63(55)41-18-5-2-6-19-41/h1-38H. The Kier molecular flexibility index (Phi) is 7.51. The molecule has 298 valence electrons. The predicted molar refractivity (Wildman–Crippen MR) is 270 cm³/mol. The van der Waals surface area contributed by atoms with Gasteiger partial charge in [0.15, 0.2) is 0 Å². The van der Waals surface area contributed by atoms with E-state index < -0.39 is 5.41 Å². The van der Waals surface area contributed by atoms with E-state index in [1.165, 1.54) is 97.6 Å². The zero-order valence-electron chi connectivity index (χ0n) is 34.7. The number of nitrogens with zero attached hydrogens (tertiary/aromatic N) is 2. The van der Waals surface area contributed by atoms with Crippen LogP contribution in [0.4, 0.5) is 17.1 Å². The topological polar surface area (TPSA) is 8.17 Å². The fraction of sp³-hybridized carbons (Fsp3) is 0.0164. The number of fused-ring (bicyclic) bond motifs is 17. The molecular formula is C61H38N2S. The van der Waals surface area contributed by atoms with Gasteiger partial charge in [0.05, 0.1) is 26.8 Å². The molecule has 10 aromatic carbocycles. The Hall–Kier alpha value is -7.98. The summed E-state index contributed by atoms with van der Waals surface area (Å²) in [5.74, 6) is 0. The molecule has 0 atom stereocenters. The number of benzene rings is 10. The van der Waals surface area contributed by atoms with E-state index in [0.717, 1.165) is 22.7 Å². The van der Waals surface area contributed by atoms with Crippen LogP contribution in [-0.2, 0) is 5.41 Å². The molecule has 0 unspecified atom stereocenters. The number of hydrogen-bond acceptors (Lipinski definition) is 2. The van der Waals surface area contributed by atoms with Gasteiger partial charge in [-0.05, 0) is 105 Å². The molecule has 2 aliphatic rings. The zero-order valence-corrected chi connectivity index (χ0v) is 35.6. The monoisotopic (exact) mass is 830 g/mol. The number of anilines is 3. The van der Waals surface area contributed by atoms with Crippen molar-refractivity contribution < 1.29 is 0 Å². The fourth-order valence-electron chi connectivity index (χ4n) is 11.4. The summed E-state index contributed by atoms with van der Waals surface area (Å²) in [5.41, 5.74) is 19.5. The van der Waals surface area contributed by atoms with Crippen molar-refractivity contribution in [3.05, 3.63) is 253 Å². The first kappa shape index (κ1) is 35.6. The molecular weight excluding hydrogens is 793 g/mol. The van der Waals surface area contributed by atoms with Crippen LogP contribution in [0.3, 0.4) is 0 Å². The minimum atomic E-state index is -0.444. The lowest BCUT2D eigenvalue weighted by molar-refractivity contribution is 0.794. The van der Waals surface area contributed by atoms with Gasteiger partial charge in [0.2, 0.25) is 0 Å². The van der Waals surface area contributed by atoms with Crippen molar-refractivity contribution in [1.29, 1.82) is 0 Å². The fourth-order valence-corrected chi connectivity index (χ4v) is 12.7. The highest BCUT2D eigenvalue weighted by molar-refractivity contribution is 7.26. The molecule has 0 bridgehead atoms. The Morgan fingerprint density at radius 2 is 0.969 bits per heavy atom. The first-order chi connectivity index (χ1) is 31.8. The van der Waals surface area contributed by atoms with Crippen LogP contribution in [0.1, 0.15) is 22.3 Å². The molecule has 2 aliphatic carbocycles. The minimum absolute atomic E-state index is 0.444. The summed E-state index contributed by atoms with van der Waals surface area (Å²) in [4.78, 5) is 2.51. The smallest absolute Gasteiger partial charge is 0.0726 e. The average Bonchev–Trinajstić information content (AvgIpc) is 4.09. The maximum absolute atomic E-state index is 2.51. The molecule has 0 radical (unpaired) electrons. The number of thiophene rings is 1. The van der Waals surface area contributed by atoms with Crippen molar-refractivity contribution >= 4 is 70.4 Å². The Balaban J connectivity index is 1.06. The number of rotatable bonds is 5. The van der Waals surface area contributed by atoms with E-state index in [-0.39, 0.29) is 0 Å². The van der Waals surface area contributed by atoms with Gasteiger partial charge in [-0.15, -0.1) is 11.3 Å². The van der Waals surface area contributed by atoms with E-state index >= 15 is 0 Å². The second-order valence-corrected chi connectivity index (χ2v) is 18.2. The number of para-hydroxylation sites is 1. The molecule has 2 aromatic heterocycles. The van der Waals surface area contributed by atoms with Crippen molar-refractivity contribution in [2.24, 2.45) is 0 Å². The van der Waals surface area contributed by atoms with Crippen molar-refractivity contribution in [2.45, 2.75) is 5.41 Å². The van der Waals surface area contributed by atoms with E-state index in [2.05, 4.69) is 240 Å². The third-order valence-electron chi connectivity index (χ3n) is 14.0. The summed E-state index contributed by atoms with van der Waals surface area (Å²) >= 11 is 1.89. The minimum Gasteiger partial charge on any atom is -0.310 e. The Morgan fingerprint density at radius 1 is 0.391 bits per heavy atom. The van der Waals surface area contributed by atoms with Crippen molar-refractivity contribution in [3.63, 3.8) is 0 Å². The summed E-state index contributed by atoms with van der Waals surface area (Å²) in [5, 5.41) is 5.09. The van der Waals surface area contributed by atoms with Gasteiger partial charge in [-0.2, -0.15) is 0 Å². The Morgan fingerprint density at radius 3 is 1.72 bits per heavy atom. The highest BCUT2D eigenvalue weighted by Gasteiger charge is 2.52. The molecule has 64 heavy (non-hydrogen) atoms. The van der Waals surface area contributed by atoms with Gasteiger partial charge in [0, 0.05) is 48.9 Å². The molecule has 0 saturated heterocycles. The number of aromatic nitrogens is 1. The van der Waals surface area contributed by atoms with E-state index in [1.54, 1.807) is 0 Å². The third-order valence-corrected chi connectivity index (χ3v) is 15.2. The SMILES string of the molecule is c1ccc(-c2ccc(N(c3ccc4c(c3)c3ccc5c6ccccc6sc5c3n4-c3ccccc3)c3cccc4c3-c3ccccc3C43c4ccccc4-c4ccccc43)cc2)cc1. The Labute approximate surface area is 375 Å². The van der Waals surface area contributed by atoms with Crippen LogP contribution in [0, 0.1) is 0 Å². The lowest BCUT2D eigenvalue weighted by Gasteiger charge is -2.32. The molecule has 2 nitrogen and oxygen atoms in total. The normalized spacial score (nSPS) is 13.1. The van der Waals surface area contributed by atoms with Gasteiger partial charge >= 0.3 is 0 Å². The van der Waals surface area contributed by atoms with Crippen molar-refractivity contribution in [2.75, 3.05) is 4.90 Å². The predicted octanol–water partition coefficient (Wildman–Crippen LogP) is 16.6. The molecule has 0 saturated carbocycles. The molecule has 12 aromatic rings. The van der Waals surface area contributed by atoms with Gasteiger partial charge in [-0.3, -0.25) is 0 Å². The van der Waals surface area contributed by atoms with Gasteiger partial charge in [-0.1, -0.05) is 176 Å². The summed E-state index contributed by atoms with van der Waals surface area (Å²) in [6.07, 6.45) is 0. The maximum atomic E-state index is 2.51. The summed E-state index contributed by atoms with van der Waals surface area (Å²) in [6, 6.07) is 85.7. The molecule has 3 heteroatoms. The molecule has 2 heterocycles. The average molecular weight is 831 g/mol. The molecule has 14 rings (SSSR count). The van der Waals surface area contributed by atoms with Crippen molar-refractivity contribution in [3.8, 4) is 39.1 Å². The molecule has 0 aliphatic heterocycles. The van der Waals surface area contributed by atoms with E-state index in [1.807, 2.05) is 11.3 Å². The second-order valence-electron chi connectivity index (χ2n) is 17.1. The van der Waals surface area contributed by atoms with Gasteiger partial charge < -0.3 is 9.47 Å². The lowest BCUT2D eigenvalue weighted by atomic mass is 9.70. The van der Waals surface area contributed by atoms with Crippen LogP contribution < -0.4 is 4.90 Å². The summed E-state index contributed by atoms with van der Waals surface area (Å²) in [6.45, 7) is 0. The lowest BCUT2D eigenvalue weighted by Crippen LogP contribution is -2.26. The van der Waals surface area contributed by atoms with Gasteiger partial charge in [-0.25, -0.2) is 0 Å². The van der Waals surface area contributed by atoms with Crippen molar-refractivity contribution in [1.82, 2.24) is 4.57 Å². The van der Waals surface area contributed by atoms with Crippen LogP contribution in [0.25, 0.3) is 81.0 Å². The first-order valence-corrected chi connectivity index (χ1v) is 22.9. The maximum Gasteiger partial charge on any atom is 0.0726 e. The van der Waals surface area contributed by atoms with Crippen LogP contribution in [-0.4, -0.2) is 4.57 Å². The quantitative estimate of drug-likeness (QED) is 0.168. The molecule has 1 spiro atoms. The van der Waals surface area contributed by atoms with Crippen LogP contribution in [0.5, 0.6) is 0 Å². The van der Waals surface area contributed by atoms with Gasteiger partial charge in [0.1, 0.15) is 0 Å². The van der Waals surface area contributed by atoms with E-state index in [9.17, 15) is 0 Å². The van der Waals surface area contributed by atoms with Crippen LogP contribution in [0.15, 0.2) is 231 Å². The highest BCUT2D eigenvalue weighted by Crippen LogP contribution is 2.64. The molecule has 0 N–H and O–H groups in total. The molecule has 0 fully saturated rings. The Bertz CT molecular complexity index is 3790. The number of hydrogen-bond donors (Lipinski definition) is 0. The highest BCUT2D eigenvalue weighted by atomic mass is 32.1. The van der Waals surface area contributed by atoms with E-state index in [0.29, 0.717) is 0 Å². The van der Waals surface area contributed by atoms with Gasteiger partial charge in [0.25, 0.3) is 0 Å². The third kappa shape index (κ3) is 4.79. The largest absolute Gasteiger partial charge is 0.310 e. The second kappa shape index (κ2) is 13.5. The summed E-state index contributed by atoms with van der Waals surface area (Å²) < 4.78 is 5.11. The molecule has 0 amide bonds. The van der Waals surface area contributed by atoms with Crippen LogP contribution in [0.2, 0.25) is 0 Å². The van der Waals surface area contributed by atoms with E-state index in [4.69, 9.17) is 0 Å². The first-order valence-electron chi connectivity index (χ1n) is 22.1. The summed E-state index contributed by atoms with van der Waals surface area (Å²) in [7, 11) is 0.